The molecule has 0 bridgehead atoms. The Bertz CT molecular complexity index is 518. The van der Waals surface area contributed by atoms with Crippen LogP contribution >= 0.6 is 0 Å². The molecule has 0 N–H and O–H groups in total. The van der Waals surface area contributed by atoms with Crippen molar-refractivity contribution in [2.45, 2.75) is 31.2 Å². The molecular weight excluding hydrogens is 244 g/mol. The van der Waals surface area contributed by atoms with Crippen molar-refractivity contribution < 1.29 is 18.5 Å². The first-order valence-electron chi connectivity index (χ1n) is 5.62. The van der Waals surface area contributed by atoms with Gasteiger partial charge in [0.15, 0.2) is 11.6 Å². The second-order valence-corrected chi connectivity index (χ2v) is 4.35. The average molecular weight is 255 g/mol. The summed E-state index contributed by atoms with van der Waals surface area (Å²) in [5.41, 5.74) is -2.58. The van der Waals surface area contributed by atoms with Crippen LogP contribution in [0.15, 0.2) is 18.2 Å². The normalized spacial score (nSPS) is 24.0. The Balaban J connectivity index is 2.64. The van der Waals surface area contributed by atoms with Gasteiger partial charge in [0, 0.05) is 17.8 Å². The van der Waals surface area contributed by atoms with Gasteiger partial charge in [-0.05, 0) is 25.0 Å². The number of hydrogen-bond donors (Lipinski definition) is 0. The Morgan fingerprint density at radius 1 is 1.28 bits per heavy atom. The summed E-state index contributed by atoms with van der Waals surface area (Å²) in [5.74, 6) is -3.13. The maximum absolute atomic E-state index is 13.7. The van der Waals surface area contributed by atoms with Crippen molar-refractivity contribution in [3.05, 3.63) is 45.5 Å². The molecule has 1 atom stereocenters. The van der Waals surface area contributed by atoms with Gasteiger partial charge in [-0.2, -0.15) is 0 Å². The average Bonchev–Trinajstić information content (AvgIpc) is 2.33. The largest absolute Gasteiger partial charge is 0.307 e. The summed E-state index contributed by atoms with van der Waals surface area (Å²) in [6.45, 7) is 0. The lowest BCUT2D eigenvalue weighted by molar-refractivity contribution is -0.563. The molecule has 6 heteroatoms. The third kappa shape index (κ3) is 1.68. The van der Waals surface area contributed by atoms with E-state index in [4.69, 9.17) is 0 Å². The smallest absolute Gasteiger partial charge is 0.291 e. The van der Waals surface area contributed by atoms with Crippen LogP contribution in [0, 0.1) is 21.7 Å². The second kappa shape index (κ2) is 4.44. The third-order valence-corrected chi connectivity index (χ3v) is 3.36. The highest BCUT2D eigenvalue weighted by Gasteiger charge is 2.54. The zero-order valence-corrected chi connectivity index (χ0v) is 9.49. The van der Waals surface area contributed by atoms with Crippen LogP contribution < -0.4 is 0 Å². The first-order valence-corrected chi connectivity index (χ1v) is 5.62. The van der Waals surface area contributed by atoms with Gasteiger partial charge in [0.2, 0.25) is 5.78 Å². The van der Waals surface area contributed by atoms with E-state index in [9.17, 15) is 23.7 Å². The quantitative estimate of drug-likeness (QED) is 0.602. The number of nitrogens with zero attached hydrogens (tertiary/aromatic N) is 1. The molecule has 0 aliphatic heterocycles. The van der Waals surface area contributed by atoms with E-state index in [-0.39, 0.29) is 12.8 Å². The molecule has 1 unspecified atom stereocenters. The Hall–Kier alpha value is -1.85. The molecule has 1 saturated carbocycles. The van der Waals surface area contributed by atoms with Gasteiger partial charge in [0.25, 0.3) is 0 Å². The van der Waals surface area contributed by atoms with Crippen molar-refractivity contribution in [3.63, 3.8) is 0 Å². The number of halogens is 2. The van der Waals surface area contributed by atoms with E-state index in [1.54, 1.807) is 0 Å². The van der Waals surface area contributed by atoms with E-state index in [1.165, 1.54) is 6.07 Å². The highest BCUT2D eigenvalue weighted by Crippen LogP contribution is 2.38. The standard InChI is InChI=1S/C12H11F2NO3/c13-9-5-3-4-8(11(9)14)12(15(17)18)7-2-1-6-10(12)16/h3-5H,1-2,6-7H2. The summed E-state index contributed by atoms with van der Waals surface area (Å²) in [5, 5.41) is 11.2. The lowest BCUT2D eigenvalue weighted by Gasteiger charge is -2.28. The van der Waals surface area contributed by atoms with Crippen molar-refractivity contribution in [2.24, 2.45) is 0 Å². The first kappa shape index (κ1) is 12.6. The van der Waals surface area contributed by atoms with Gasteiger partial charge in [-0.15, -0.1) is 0 Å². The highest BCUT2D eigenvalue weighted by atomic mass is 19.2. The van der Waals surface area contributed by atoms with E-state index in [0.717, 1.165) is 12.1 Å². The van der Waals surface area contributed by atoms with Crippen molar-refractivity contribution in [2.75, 3.05) is 0 Å². The second-order valence-electron chi connectivity index (χ2n) is 4.35. The molecule has 2 rings (SSSR count). The highest BCUT2D eigenvalue weighted by molar-refractivity contribution is 5.89. The van der Waals surface area contributed by atoms with Gasteiger partial charge in [-0.3, -0.25) is 14.9 Å². The Morgan fingerprint density at radius 2 is 2.00 bits per heavy atom. The lowest BCUT2D eigenvalue weighted by atomic mass is 9.76. The van der Waals surface area contributed by atoms with Crippen LogP contribution in [0.4, 0.5) is 8.78 Å². The monoisotopic (exact) mass is 255 g/mol. The van der Waals surface area contributed by atoms with E-state index in [1.807, 2.05) is 0 Å². The molecule has 4 nitrogen and oxygen atoms in total. The summed E-state index contributed by atoms with van der Waals surface area (Å²) in [7, 11) is 0. The minimum absolute atomic E-state index is 0.0247. The first-order chi connectivity index (χ1) is 8.50. The van der Waals surface area contributed by atoms with Crippen LogP contribution in [0.2, 0.25) is 0 Å². The molecule has 1 aliphatic carbocycles. The molecule has 0 aromatic heterocycles. The van der Waals surface area contributed by atoms with Crippen molar-refractivity contribution >= 4 is 5.78 Å². The van der Waals surface area contributed by atoms with Crippen LogP contribution in [0.5, 0.6) is 0 Å². The lowest BCUT2D eigenvalue weighted by Crippen LogP contribution is -2.46. The minimum atomic E-state index is -2.12. The molecule has 1 fully saturated rings. The zero-order chi connectivity index (χ0) is 13.3. The summed E-state index contributed by atoms with van der Waals surface area (Å²) < 4.78 is 26.9. The maximum atomic E-state index is 13.7. The number of ketones is 1. The van der Waals surface area contributed by atoms with Gasteiger partial charge in [-0.1, -0.05) is 6.07 Å². The molecule has 0 spiro atoms. The number of rotatable bonds is 2. The van der Waals surface area contributed by atoms with Gasteiger partial charge in [-0.25, -0.2) is 8.78 Å². The molecule has 0 saturated heterocycles. The number of Topliss-reactive ketones (excluding diaryl/α,β-unsaturated/α-hetero) is 1. The fraction of sp³-hybridized carbons (Fsp3) is 0.417. The van der Waals surface area contributed by atoms with Gasteiger partial charge in [0.05, 0.1) is 5.56 Å². The summed E-state index contributed by atoms with van der Waals surface area (Å²) >= 11 is 0. The molecule has 1 aromatic rings. The summed E-state index contributed by atoms with van der Waals surface area (Å²) in [4.78, 5) is 22.4. The molecule has 0 heterocycles. The fourth-order valence-corrected chi connectivity index (χ4v) is 2.41. The molecular formula is C12H11F2NO3. The number of nitro groups is 1. The SMILES string of the molecule is O=C1CCCCC1(c1cccc(F)c1F)[N+](=O)[O-]. The van der Waals surface area contributed by atoms with Crippen LogP contribution in [-0.2, 0) is 10.3 Å². The van der Waals surface area contributed by atoms with Crippen LogP contribution in [0.1, 0.15) is 31.2 Å². The fourth-order valence-electron chi connectivity index (χ4n) is 2.41. The predicted octanol–water partition coefficient (Wildman–Crippen LogP) is 2.58. The van der Waals surface area contributed by atoms with Crippen molar-refractivity contribution in [1.29, 1.82) is 0 Å². The van der Waals surface area contributed by atoms with E-state index in [0.29, 0.717) is 12.8 Å². The Morgan fingerprint density at radius 3 is 2.61 bits per heavy atom. The Kier molecular flexibility index (Phi) is 3.11. The van der Waals surface area contributed by atoms with E-state index < -0.39 is 33.4 Å². The maximum Gasteiger partial charge on any atom is 0.307 e. The molecule has 1 aromatic carbocycles. The number of carbonyl (C=O) groups is 1. The van der Waals surface area contributed by atoms with E-state index in [2.05, 4.69) is 0 Å². The van der Waals surface area contributed by atoms with Crippen molar-refractivity contribution in [3.8, 4) is 0 Å². The minimum Gasteiger partial charge on any atom is -0.291 e. The molecule has 96 valence electrons. The molecule has 0 radical (unpaired) electrons. The predicted molar refractivity (Wildman–Crippen MR) is 58.5 cm³/mol. The molecule has 18 heavy (non-hydrogen) atoms. The summed E-state index contributed by atoms with van der Waals surface area (Å²) in [6.07, 6.45) is 0.935. The van der Waals surface area contributed by atoms with Crippen LogP contribution in [0.3, 0.4) is 0 Å². The topological polar surface area (TPSA) is 60.2 Å². The number of benzene rings is 1. The van der Waals surface area contributed by atoms with Gasteiger partial charge in [0.1, 0.15) is 0 Å². The van der Waals surface area contributed by atoms with Crippen molar-refractivity contribution in [1.82, 2.24) is 0 Å². The number of hydrogen-bond acceptors (Lipinski definition) is 3. The van der Waals surface area contributed by atoms with Crippen LogP contribution in [-0.4, -0.2) is 10.7 Å². The van der Waals surface area contributed by atoms with Gasteiger partial charge >= 0.3 is 5.54 Å². The van der Waals surface area contributed by atoms with Gasteiger partial charge < -0.3 is 0 Å². The third-order valence-electron chi connectivity index (χ3n) is 3.36. The number of carbonyl (C=O) groups excluding carboxylic acids is 1. The summed E-state index contributed by atoms with van der Waals surface area (Å²) in [6, 6.07) is 3.17. The van der Waals surface area contributed by atoms with E-state index >= 15 is 0 Å². The zero-order valence-electron chi connectivity index (χ0n) is 9.49. The molecule has 1 aliphatic rings. The van der Waals surface area contributed by atoms with Crippen LogP contribution in [0.25, 0.3) is 0 Å². The Labute approximate surface area is 102 Å². The molecule has 0 amide bonds.